The number of hydrogen-bond donors (Lipinski definition) is 1. The maximum Gasteiger partial charge on any atom is 0.253 e. The third kappa shape index (κ3) is 3.95. The predicted octanol–water partition coefficient (Wildman–Crippen LogP) is 1.80. The first-order chi connectivity index (χ1) is 10.9. The van der Waals surface area contributed by atoms with E-state index >= 15 is 0 Å². The van der Waals surface area contributed by atoms with Gasteiger partial charge in [0.05, 0.1) is 30.5 Å². The maximum atomic E-state index is 12.6. The first-order valence-electron chi connectivity index (χ1n) is 7.60. The molecule has 1 fully saturated rings. The Bertz CT molecular complexity index is 764. The Labute approximate surface area is 146 Å². The Morgan fingerprint density at radius 1 is 1.13 bits per heavy atom. The van der Waals surface area contributed by atoms with Crippen molar-refractivity contribution in [2.75, 3.05) is 26.2 Å². The summed E-state index contributed by atoms with van der Waals surface area (Å²) in [7, 11) is -3.39. The summed E-state index contributed by atoms with van der Waals surface area (Å²) in [5.41, 5.74) is 2.56. The van der Waals surface area contributed by atoms with Crippen LogP contribution in [0.3, 0.4) is 0 Å². The van der Waals surface area contributed by atoms with E-state index in [2.05, 4.69) is 31.2 Å². The molecule has 0 atom stereocenters. The number of nitrogens with zero attached hydrogens (tertiary/aromatic N) is 1. The lowest BCUT2D eigenvalue weighted by atomic mass is 10.1. The fourth-order valence-corrected chi connectivity index (χ4v) is 5.86. The molecule has 1 aliphatic rings. The summed E-state index contributed by atoms with van der Waals surface area (Å²) in [5, 5.41) is 0. The molecule has 0 amide bonds. The number of thiophene rings is 1. The molecule has 1 aromatic heterocycles. The largest absolute Gasteiger partial charge is 0.329 e. The Balaban J connectivity index is 1.61. The zero-order chi connectivity index (χ0) is 16.4. The lowest BCUT2D eigenvalue weighted by molar-refractivity contribution is -0.917. The molecule has 2 aromatic rings. The van der Waals surface area contributed by atoms with Gasteiger partial charge < -0.3 is 4.90 Å². The number of rotatable bonds is 4. The van der Waals surface area contributed by atoms with Crippen molar-refractivity contribution in [3.05, 3.63) is 51.9 Å². The van der Waals surface area contributed by atoms with Gasteiger partial charge in [-0.1, -0.05) is 41.4 Å². The summed E-state index contributed by atoms with van der Waals surface area (Å²) >= 11 is 6.98. The summed E-state index contributed by atoms with van der Waals surface area (Å²) in [4.78, 5) is 1.42. The van der Waals surface area contributed by atoms with Gasteiger partial charge in [0.1, 0.15) is 10.8 Å². The lowest BCUT2D eigenvalue weighted by Gasteiger charge is -2.31. The average molecular weight is 372 g/mol. The van der Waals surface area contributed by atoms with E-state index in [0.29, 0.717) is 21.6 Å². The van der Waals surface area contributed by atoms with Gasteiger partial charge in [-0.05, 0) is 19.1 Å². The molecule has 0 aliphatic carbocycles. The minimum absolute atomic E-state index is 0.337. The molecule has 1 N–H and O–H groups in total. The van der Waals surface area contributed by atoms with Crippen molar-refractivity contribution in [3.63, 3.8) is 0 Å². The molecule has 1 aromatic carbocycles. The number of benzene rings is 1. The summed E-state index contributed by atoms with van der Waals surface area (Å²) in [5.74, 6) is 0. The minimum atomic E-state index is -3.39. The minimum Gasteiger partial charge on any atom is -0.329 e. The number of nitrogens with one attached hydrogen (secondary N) is 1. The van der Waals surface area contributed by atoms with Gasteiger partial charge in [0, 0.05) is 5.56 Å². The van der Waals surface area contributed by atoms with Crippen LogP contribution in [-0.4, -0.2) is 38.9 Å². The van der Waals surface area contributed by atoms with Crippen LogP contribution < -0.4 is 4.90 Å². The Morgan fingerprint density at radius 3 is 2.35 bits per heavy atom. The molecule has 2 heterocycles. The van der Waals surface area contributed by atoms with Crippen LogP contribution in [0.2, 0.25) is 4.34 Å². The van der Waals surface area contributed by atoms with E-state index in [-0.39, 0.29) is 0 Å². The second kappa shape index (κ2) is 6.91. The zero-order valence-corrected chi connectivity index (χ0v) is 15.3. The number of piperazine rings is 1. The Kier molecular flexibility index (Phi) is 5.08. The van der Waals surface area contributed by atoms with E-state index in [1.54, 1.807) is 16.4 Å². The fraction of sp³-hybridized carbons (Fsp3) is 0.375. The average Bonchev–Trinajstić information content (AvgIpc) is 2.98. The van der Waals surface area contributed by atoms with Crippen molar-refractivity contribution in [2.45, 2.75) is 17.7 Å². The molecule has 1 saturated heterocycles. The highest BCUT2D eigenvalue weighted by Crippen LogP contribution is 2.28. The van der Waals surface area contributed by atoms with Crippen molar-refractivity contribution in [2.24, 2.45) is 0 Å². The SMILES string of the molecule is Cc1ccc(C[NH+]2CCN(S(=O)(=O)c3ccc(Cl)s3)CC2)cc1. The molecule has 0 spiro atoms. The molecule has 23 heavy (non-hydrogen) atoms. The normalized spacial score (nSPS) is 17.5. The van der Waals surface area contributed by atoms with Crippen molar-refractivity contribution in [1.29, 1.82) is 0 Å². The van der Waals surface area contributed by atoms with Crippen molar-refractivity contribution < 1.29 is 13.3 Å². The van der Waals surface area contributed by atoms with Crippen LogP contribution in [0.1, 0.15) is 11.1 Å². The van der Waals surface area contributed by atoms with Crippen LogP contribution in [0, 0.1) is 6.92 Å². The van der Waals surface area contributed by atoms with Gasteiger partial charge in [-0.15, -0.1) is 11.3 Å². The number of hydrogen-bond acceptors (Lipinski definition) is 3. The van der Waals surface area contributed by atoms with Gasteiger partial charge in [0.15, 0.2) is 0 Å². The molecule has 7 heteroatoms. The van der Waals surface area contributed by atoms with E-state index in [1.807, 2.05) is 0 Å². The van der Waals surface area contributed by atoms with Crippen LogP contribution in [0.25, 0.3) is 0 Å². The molecule has 0 radical (unpaired) electrons. The summed E-state index contributed by atoms with van der Waals surface area (Å²) in [6.45, 7) is 5.78. The van der Waals surface area contributed by atoms with Gasteiger partial charge in [-0.25, -0.2) is 8.42 Å². The lowest BCUT2D eigenvalue weighted by Crippen LogP contribution is -3.13. The molecule has 4 nitrogen and oxygen atoms in total. The smallest absolute Gasteiger partial charge is 0.253 e. The second-order valence-corrected chi connectivity index (χ2v) is 9.75. The second-order valence-electron chi connectivity index (χ2n) is 5.88. The van der Waals surface area contributed by atoms with Gasteiger partial charge in [-0.3, -0.25) is 0 Å². The van der Waals surface area contributed by atoms with Crippen LogP contribution >= 0.6 is 22.9 Å². The molecule has 1 aliphatic heterocycles. The van der Waals surface area contributed by atoms with Crippen LogP contribution in [0.15, 0.2) is 40.6 Å². The number of halogens is 1. The van der Waals surface area contributed by atoms with Gasteiger partial charge >= 0.3 is 0 Å². The first-order valence-corrected chi connectivity index (χ1v) is 10.2. The summed E-state index contributed by atoms with van der Waals surface area (Å²) < 4.78 is 27.6. The highest BCUT2D eigenvalue weighted by atomic mass is 35.5. The van der Waals surface area contributed by atoms with E-state index in [1.165, 1.54) is 16.0 Å². The van der Waals surface area contributed by atoms with E-state index in [9.17, 15) is 8.42 Å². The third-order valence-corrected chi connectivity index (χ3v) is 7.74. The highest BCUT2D eigenvalue weighted by molar-refractivity contribution is 7.91. The van der Waals surface area contributed by atoms with Crippen molar-refractivity contribution >= 4 is 33.0 Å². The number of aryl methyl sites for hydroxylation is 1. The number of sulfonamides is 1. The van der Waals surface area contributed by atoms with Crippen LogP contribution in [0.4, 0.5) is 0 Å². The van der Waals surface area contributed by atoms with Crippen molar-refractivity contribution in [3.8, 4) is 0 Å². The fourth-order valence-electron chi connectivity index (χ4n) is 2.78. The van der Waals surface area contributed by atoms with Gasteiger partial charge in [0.25, 0.3) is 10.0 Å². The molecule has 0 bridgehead atoms. The standard InChI is InChI=1S/C16H19ClN2O2S2/c1-13-2-4-14(5-3-13)12-18-8-10-19(11-9-18)23(20,21)16-7-6-15(17)22-16/h2-7H,8-12H2,1H3/p+1. The van der Waals surface area contributed by atoms with Gasteiger partial charge in [-0.2, -0.15) is 4.31 Å². The van der Waals surface area contributed by atoms with E-state index in [4.69, 9.17) is 11.6 Å². The zero-order valence-electron chi connectivity index (χ0n) is 13.0. The maximum absolute atomic E-state index is 12.6. The summed E-state index contributed by atoms with van der Waals surface area (Å²) in [6.07, 6.45) is 0. The quantitative estimate of drug-likeness (QED) is 0.890. The van der Waals surface area contributed by atoms with Crippen molar-refractivity contribution in [1.82, 2.24) is 4.31 Å². The van der Waals surface area contributed by atoms with E-state index < -0.39 is 10.0 Å². The van der Waals surface area contributed by atoms with Crippen LogP contribution in [0.5, 0.6) is 0 Å². The molecule has 0 saturated carbocycles. The predicted molar refractivity (Wildman–Crippen MR) is 93.7 cm³/mol. The monoisotopic (exact) mass is 371 g/mol. The molecule has 3 rings (SSSR count). The van der Waals surface area contributed by atoms with E-state index in [0.717, 1.165) is 31.0 Å². The van der Waals surface area contributed by atoms with Crippen LogP contribution in [-0.2, 0) is 16.6 Å². The highest BCUT2D eigenvalue weighted by Gasteiger charge is 2.31. The topological polar surface area (TPSA) is 41.8 Å². The van der Waals surface area contributed by atoms with Gasteiger partial charge in [0.2, 0.25) is 0 Å². The molecule has 0 unspecified atom stereocenters. The first kappa shape index (κ1) is 16.9. The Morgan fingerprint density at radius 2 is 1.78 bits per heavy atom. The molecule has 124 valence electrons. The number of quaternary nitrogens is 1. The molecular formula is C16H20ClN2O2S2+. The third-order valence-electron chi connectivity index (χ3n) is 4.15. The Hall–Kier alpha value is -0.920. The summed E-state index contributed by atoms with van der Waals surface area (Å²) in [6, 6.07) is 11.8. The molecular weight excluding hydrogens is 352 g/mol.